The first-order chi connectivity index (χ1) is 64.9. The van der Waals surface area contributed by atoms with Crippen LogP contribution >= 0.6 is 0 Å². The molecular formula is C100H116N4O30. The summed E-state index contributed by atoms with van der Waals surface area (Å²) in [6.45, 7) is 12.1. The SMILES string of the molecule is CC/C=C/C[C@@](O)(CC(=O)OC)C(=O)O[C@@H]1C(OC)=C[C@]23CCCN2CCc2cc4c(cc2[C@H]13)OCO4.CC/C=C/C[C@]1(C(=O)O[C@@H]2C(OC)=C[C@]34CCCN3CCc3cc5c(cc3[C@H]24)OCO5)CC(=O)O1.COC(=O)C[C@@H](O)C(=O)O[C@@H]1C(OC)=C[C@]23CCCN2CCc2cc4c(cc2[C@H]13)OCO4.COC1=C[C@]23CCCN2CCc2cc4c(cc2[C@@H]3[C@@H]1OC(=O)[C@H]1CC(=O)O1)OCO4. The molecule has 0 saturated carbocycles. The van der Waals surface area contributed by atoms with Gasteiger partial charge in [0.25, 0.3) is 0 Å². The number of allylic oxidation sites excluding steroid dienone is 2. The molecule has 0 unspecified atom stereocenters. The van der Waals surface area contributed by atoms with Crippen LogP contribution in [-0.2, 0) is 121 Å². The molecule has 4 spiro atoms. The van der Waals surface area contributed by atoms with Crippen LogP contribution in [0.2, 0.25) is 0 Å². The van der Waals surface area contributed by atoms with Crippen molar-refractivity contribution in [3.8, 4) is 46.0 Å². The van der Waals surface area contributed by atoms with Gasteiger partial charge in [0.15, 0.2) is 82.1 Å². The molecule has 0 radical (unpaired) electrons. The molecule has 0 aromatic heterocycles. The summed E-state index contributed by atoms with van der Waals surface area (Å²) >= 11 is 0. The van der Waals surface area contributed by atoms with Gasteiger partial charge < -0.3 is 105 Å². The molecule has 16 atom stereocenters. The maximum absolute atomic E-state index is 13.6. The van der Waals surface area contributed by atoms with Gasteiger partial charge >= 0.3 is 47.8 Å². The third-order valence-corrected chi connectivity index (χ3v) is 30.4. The number of hydrogen-bond acceptors (Lipinski definition) is 34. The molecule has 4 aromatic carbocycles. The Morgan fingerprint density at radius 2 is 0.799 bits per heavy atom. The fourth-order valence-electron chi connectivity index (χ4n) is 24.2. The zero-order valence-corrected chi connectivity index (χ0v) is 76.8. The van der Waals surface area contributed by atoms with Crippen molar-refractivity contribution in [2.75, 3.05) is 122 Å². The van der Waals surface area contributed by atoms with Crippen molar-refractivity contribution in [3.05, 3.63) is 165 Å². The quantitative estimate of drug-likeness (QED) is 0.0420. The maximum atomic E-state index is 13.6. The summed E-state index contributed by atoms with van der Waals surface area (Å²) in [5.74, 6) is 2.42. The van der Waals surface area contributed by atoms with Gasteiger partial charge in [-0.05, 0) is 233 Å². The molecule has 716 valence electrons. The van der Waals surface area contributed by atoms with Gasteiger partial charge in [0, 0.05) is 39.0 Å². The minimum absolute atomic E-state index is 0.0237. The van der Waals surface area contributed by atoms with Crippen LogP contribution in [0, 0.1) is 0 Å². The number of ether oxygens (including phenoxy) is 20. The molecule has 34 heteroatoms. The number of cyclic esters (lactones) is 2. The van der Waals surface area contributed by atoms with Gasteiger partial charge in [-0.2, -0.15) is 0 Å². The smallest absolute Gasteiger partial charge is 0.352 e. The summed E-state index contributed by atoms with van der Waals surface area (Å²) in [5, 5.41) is 21.6. The van der Waals surface area contributed by atoms with Crippen LogP contribution in [0.1, 0.15) is 185 Å². The molecule has 4 aromatic rings. The number of carbonyl (C=O) groups is 8. The zero-order chi connectivity index (χ0) is 93.3. The number of hydrogen-bond donors (Lipinski definition) is 2. The lowest BCUT2D eigenvalue weighted by molar-refractivity contribution is -0.210. The van der Waals surface area contributed by atoms with E-state index in [9.17, 15) is 48.6 Å². The molecule has 4 aliphatic carbocycles. The topological polar surface area (TPSA) is 375 Å². The Labute approximate surface area is 775 Å². The van der Waals surface area contributed by atoms with Crippen LogP contribution in [0.3, 0.4) is 0 Å². The Balaban J connectivity index is 0.000000115. The Hall–Kier alpha value is -11.6. The number of rotatable bonds is 22. The van der Waals surface area contributed by atoms with Crippen molar-refractivity contribution in [3.63, 3.8) is 0 Å². The van der Waals surface area contributed by atoms with Crippen LogP contribution < -0.4 is 37.9 Å². The lowest BCUT2D eigenvalue weighted by atomic mass is 9.77. The van der Waals surface area contributed by atoms with E-state index in [2.05, 4.69) is 66.8 Å². The lowest BCUT2D eigenvalue weighted by Gasteiger charge is -2.41. The van der Waals surface area contributed by atoms with Gasteiger partial charge in [-0.25, -0.2) is 19.2 Å². The first-order valence-electron chi connectivity index (χ1n) is 46.8. The predicted octanol–water partition coefficient (Wildman–Crippen LogP) is 9.31. The minimum Gasteiger partial charge on any atom is -0.497 e. The number of carbonyl (C=O) groups excluding carboxylic acids is 8. The van der Waals surface area contributed by atoms with Crippen LogP contribution in [0.5, 0.6) is 46.0 Å². The first kappa shape index (κ1) is 91.6. The summed E-state index contributed by atoms with van der Waals surface area (Å²) < 4.78 is 112. The van der Waals surface area contributed by atoms with Crippen LogP contribution in [-0.4, -0.2) is 270 Å². The Morgan fingerprint density at radius 3 is 1.14 bits per heavy atom. The highest BCUT2D eigenvalue weighted by atomic mass is 16.7. The summed E-state index contributed by atoms with van der Waals surface area (Å²) in [4.78, 5) is 109. The number of fused-ring (bicyclic) bond motifs is 12. The van der Waals surface area contributed by atoms with E-state index in [1.54, 1.807) is 34.5 Å². The molecule has 134 heavy (non-hydrogen) atoms. The molecule has 14 aliphatic heterocycles. The second-order valence-corrected chi connectivity index (χ2v) is 37.3. The fourth-order valence-corrected chi connectivity index (χ4v) is 24.2. The molecule has 0 bridgehead atoms. The molecular weight excluding hydrogens is 1740 g/mol. The number of esters is 8. The molecule has 14 heterocycles. The second-order valence-electron chi connectivity index (χ2n) is 37.3. The number of nitrogens with zero attached hydrogens (tertiary/aromatic N) is 4. The fraction of sp³-hybridized carbons (Fsp3) is 0.560. The van der Waals surface area contributed by atoms with Crippen LogP contribution in [0.15, 0.2) is 120 Å². The van der Waals surface area contributed by atoms with E-state index in [1.807, 2.05) is 62.4 Å². The van der Waals surface area contributed by atoms with E-state index in [4.69, 9.17) is 90.0 Å². The zero-order valence-electron chi connectivity index (χ0n) is 76.8. The number of benzene rings is 4. The van der Waals surface area contributed by atoms with Crippen molar-refractivity contribution in [2.24, 2.45) is 0 Å². The third kappa shape index (κ3) is 16.0. The molecule has 34 nitrogen and oxygen atoms in total. The second kappa shape index (κ2) is 36.9. The van der Waals surface area contributed by atoms with E-state index >= 15 is 0 Å². The summed E-state index contributed by atoms with van der Waals surface area (Å²) in [5.41, 5.74) is 4.20. The number of aliphatic hydroxyl groups is 2. The van der Waals surface area contributed by atoms with E-state index in [0.29, 0.717) is 41.0 Å². The van der Waals surface area contributed by atoms with Crippen LogP contribution in [0.25, 0.3) is 0 Å². The van der Waals surface area contributed by atoms with Crippen molar-refractivity contribution in [2.45, 2.75) is 236 Å². The maximum Gasteiger partial charge on any atom is 0.352 e. The summed E-state index contributed by atoms with van der Waals surface area (Å²) in [7, 11) is 8.78. The van der Waals surface area contributed by atoms with Crippen molar-refractivity contribution < 1.29 is 143 Å². The number of methoxy groups -OCH3 is 6. The predicted molar refractivity (Wildman–Crippen MR) is 470 cm³/mol. The van der Waals surface area contributed by atoms with Crippen LogP contribution in [0.4, 0.5) is 0 Å². The third-order valence-electron chi connectivity index (χ3n) is 30.4. The van der Waals surface area contributed by atoms with Gasteiger partial charge in [0.05, 0.1) is 114 Å². The van der Waals surface area contributed by atoms with Gasteiger partial charge in [-0.3, -0.25) is 38.8 Å². The van der Waals surface area contributed by atoms with Gasteiger partial charge in [-0.1, -0.05) is 38.2 Å². The molecule has 18 aliphatic rings. The Kier molecular flexibility index (Phi) is 25.2. The highest BCUT2D eigenvalue weighted by Gasteiger charge is 2.65. The first-order valence-corrected chi connectivity index (χ1v) is 46.8. The van der Waals surface area contributed by atoms with E-state index in [-0.39, 0.29) is 98.7 Å². The minimum atomic E-state index is -2.06. The average molecular weight is 1850 g/mol. The number of aliphatic hydroxyl groups excluding tert-OH is 1. The molecule has 22 rings (SSSR count). The van der Waals surface area contributed by atoms with E-state index < -0.39 is 102 Å². The van der Waals surface area contributed by atoms with Gasteiger partial charge in [0.1, 0.15) is 23.0 Å². The Bertz CT molecular complexity index is 5510. The highest BCUT2D eigenvalue weighted by Crippen LogP contribution is 2.62. The standard InChI is InChI=1S/C28H35NO8.C27H31NO7.C23H27NO8.C22H23NO7/c1-4-5-6-10-28(32,16-23(30)34-3)26(31)37-25-22(33-2)15-27-9-7-11-29(27)12-8-18-13-20-21(36-17-35-20)14-19(18)24(25)27;1-3-4-5-9-27(15-22(29)35-27)25(30)34-24-21(31-2)14-26-8-6-10-28(26)11-7-17-12-19-20(33-16-32-19)13-18(17)23(24)26;1-28-18-11-23-5-3-6-24(23)7-4-13-8-16-17(31-12-30-16)9-14(13)20(23)21(18)32-22(27)15(25)10-19(26)29-2;1-26-17-10-22-4-2-5-23(22)6-3-12-7-14-15(28-11-27-14)8-13(12)19(22)20(17)30-21(25)16-9-18(24)29-16/h5-6,13-15,24-25,32H,4,7-12,16-17H2,1-3H3;4-5,12-14,23-24H,3,6-11,15-16H2,1-2H3;8-9,11,15,20-21,25H,3-7,10,12H2,1-2H3;7-8,10,16,19-20H,2-6,9,11H2,1H3/b6-5+;5-4+;;/t24-,25-,27+,28-;23-,24-,26+,27-;15-,20-,21-,23+;16-,19-,20-,22+/m1111/s1. The van der Waals surface area contributed by atoms with Crippen molar-refractivity contribution in [1.29, 1.82) is 0 Å². The average Bonchev–Trinajstić information content (AvgIpc) is 1.57. The highest BCUT2D eigenvalue weighted by molar-refractivity contribution is 5.94. The van der Waals surface area contributed by atoms with E-state index in [0.717, 1.165) is 210 Å². The summed E-state index contributed by atoms with van der Waals surface area (Å²) in [6.07, 6.45) is 22.9. The molecule has 6 saturated heterocycles. The monoisotopic (exact) mass is 1850 g/mol. The van der Waals surface area contributed by atoms with Gasteiger partial charge in [-0.15, -0.1) is 0 Å². The summed E-state index contributed by atoms with van der Waals surface area (Å²) in [6, 6.07) is 16.3. The molecule has 0 amide bonds. The molecule has 2 N–H and O–H groups in total. The molecule has 6 fully saturated rings. The normalized spacial score (nSPS) is 30.5. The Morgan fingerprint density at radius 1 is 0.455 bits per heavy atom. The largest absolute Gasteiger partial charge is 0.497 e. The van der Waals surface area contributed by atoms with Crippen molar-refractivity contribution in [1.82, 2.24) is 19.6 Å². The van der Waals surface area contributed by atoms with Gasteiger partial charge in [0.2, 0.25) is 38.9 Å². The van der Waals surface area contributed by atoms with Crippen molar-refractivity contribution >= 4 is 47.8 Å². The van der Waals surface area contributed by atoms with E-state index in [1.165, 1.54) is 25.3 Å². The lowest BCUT2D eigenvalue weighted by Crippen LogP contribution is -2.56.